The molecule has 2 aliphatic rings. The molecule has 2 heterocycles. The molecule has 0 fully saturated rings. The monoisotopic (exact) mass is 360 g/mol. The predicted octanol–water partition coefficient (Wildman–Crippen LogP) is 3.64. The summed E-state index contributed by atoms with van der Waals surface area (Å²) < 4.78 is 0. The van der Waals surface area contributed by atoms with Crippen LogP contribution in [0.1, 0.15) is 11.1 Å². The average molecular weight is 361 g/mol. The van der Waals surface area contributed by atoms with Crippen LogP contribution < -0.4 is 20.7 Å². The van der Waals surface area contributed by atoms with Crippen molar-refractivity contribution in [2.45, 2.75) is 13.8 Å². The lowest BCUT2D eigenvalue weighted by Gasteiger charge is -2.28. The van der Waals surface area contributed by atoms with Gasteiger partial charge in [0.1, 0.15) is 0 Å². The van der Waals surface area contributed by atoms with E-state index in [1.54, 1.807) is 20.7 Å². The molecule has 4 aromatic rings. The van der Waals surface area contributed by atoms with E-state index in [0.717, 1.165) is 0 Å². The van der Waals surface area contributed by atoms with Crippen molar-refractivity contribution in [1.82, 2.24) is 0 Å². The van der Waals surface area contributed by atoms with Crippen molar-refractivity contribution in [3.8, 4) is 22.3 Å². The van der Waals surface area contributed by atoms with Crippen molar-refractivity contribution in [2.24, 2.45) is 0 Å². The van der Waals surface area contributed by atoms with Gasteiger partial charge in [0.05, 0.1) is 0 Å². The third-order valence-corrected chi connectivity index (χ3v) is 11.3. The normalized spacial score (nSPS) is 14.6. The van der Waals surface area contributed by atoms with Crippen LogP contribution in [0.3, 0.4) is 0 Å². The van der Waals surface area contributed by atoms with Crippen LogP contribution in [0.2, 0.25) is 0 Å². The van der Waals surface area contributed by atoms with Gasteiger partial charge >= 0.3 is 0 Å². The van der Waals surface area contributed by atoms with Gasteiger partial charge in [-0.1, -0.05) is 96.1 Å². The van der Waals surface area contributed by atoms with E-state index in [0.29, 0.717) is 0 Å². The van der Waals surface area contributed by atoms with E-state index in [2.05, 4.69) is 98.8 Å². The number of hydrogen-bond acceptors (Lipinski definition) is 0. The Morgan fingerprint density at radius 1 is 0.444 bits per heavy atom. The van der Waals surface area contributed by atoms with Crippen LogP contribution in [-0.4, -0.2) is 8.07 Å². The second-order valence-corrected chi connectivity index (χ2v) is 11.6. The van der Waals surface area contributed by atoms with E-state index in [1.165, 1.54) is 33.4 Å². The maximum absolute atomic E-state index is 2.47. The smallest absolute Gasteiger partial charge is 0.0623 e. The van der Waals surface area contributed by atoms with Crippen LogP contribution in [0.5, 0.6) is 0 Å². The van der Waals surface area contributed by atoms with Gasteiger partial charge in [0.25, 0.3) is 0 Å². The highest BCUT2D eigenvalue weighted by molar-refractivity contribution is 7.24. The molecule has 6 rings (SSSR count). The summed E-state index contributed by atoms with van der Waals surface area (Å²) in [5.74, 6) is 0. The molecule has 0 aliphatic carbocycles. The van der Waals surface area contributed by atoms with Crippen LogP contribution in [0.4, 0.5) is 0 Å². The van der Waals surface area contributed by atoms with Gasteiger partial charge in [-0.2, -0.15) is 0 Å². The average Bonchev–Trinajstić information content (AvgIpc) is 3.14. The summed E-state index contributed by atoms with van der Waals surface area (Å²) >= 11 is 0. The lowest BCUT2D eigenvalue weighted by molar-refractivity contribution is 1.48. The highest BCUT2D eigenvalue weighted by Gasteiger charge is 2.53. The SMILES string of the molecule is Cc1ccc2c(c1)[Si]1(c3ccccc3-c3ccccc31)c1cc(C)ccc1-2. The zero-order chi connectivity index (χ0) is 18.2. The maximum atomic E-state index is 2.47. The molecular formula is C26H20Si. The topological polar surface area (TPSA) is 0 Å². The first kappa shape index (κ1) is 15.2. The summed E-state index contributed by atoms with van der Waals surface area (Å²) in [4.78, 5) is 0. The van der Waals surface area contributed by atoms with Crippen molar-refractivity contribution in [3.05, 3.63) is 96.1 Å². The van der Waals surface area contributed by atoms with Crippen molar-refractivity contribution >= 4 is 28.8 Å². The van der Waals surface area contributed by atoms with Crippen molar-refractivity contribution < 1.29 is 0 Å². The molecule has 0 nitrogen and oxygen atoms in total. The molecule has 0 radical (unpaired) electrons. The quantitative estimate of drug-likeness (QED) is 0.363. The molecule has 1 spiro atoms. The largest absolute Gasteiger partial charge is 0.182 e. The number of fused-ring (bicyclic) bond motifs is 10. The molecule has 0 bridgehead atoms. The van der Waals surface area contributed by atoms with E-state index in [1.807, 2.05) is 0 Å². The molecule has 0 saturated carbocycles. The molecular weight excluding hydrogens is 340 g/mol. The Kier molecular flexibility index (Phi) is 2.86. The Labute approximate surface area is 161 Å². The number of aryl methyl sites for hydroxylation is 2. The Morgan fingerprint density at radius 2 is 0.852 bits per heavy atom. The number of hydrogen-bond donors (Lipinski definition) is 0. The Balaban J connectivity index is 1.88. The van der Waals surface area contributed by atoms with Crippen molar-refractivity contribution in [1.29, 1.82) is 0 Å². The molecule has 0 aromatic heterocycles. The maximum Gasteiger partial charge on any atom is 0.182 e. The standard InChI is InChI=1S/C26H20Si/c1-17-11-13-21-22-14-12-18(2)16-26(22)27(25(21)15-17)23-9-5-3-7-19(23)20-8-4-6-10-24(20)27/h3-16H,1-2H3. The summed E-state index contributed by atoms with van der Waals surface area (Å²) in [7, 11) is -2.21. The molecule has 4 aromatic carbocycles. The first-order valence-corrected chi connectivity index (χ1v) is 11.6. The fraction of sp³-hybridized carbons (Fsp3) is 0.0769. The van der Waals surface area contributed by atoms with Gasteiger partial charge in [0.15, 0.2) is 8.07 Å². The Morgan fingerprint density at radius 3 is 1.33 bits per heavy atom. The van der Waals surface area contributed by atoms with E-state index in [9.17, 15) is 0 Å². The molecule has 0 unspecified atom stereocenters. The fourth-order valence-corrected chi connectivity index (χ4v) is 11.2. The summed E-state index contributed by atoms with van der Waals surface area (Å²) in [5, 5.41) is 6.26. The third kappa shape index (κ3) is 1.73. The van der Waals surface area contributed by atoms with Gasteiger partial charge in [-0.3, -0.25) is 0 Å². The molecule has 128 valence electrons. The summed E-state index contributed by atoms with van der Waals surface area (Å²) in [5.41, 5.74) is 8.45. The predicted molar refractivity (Wildman–Crippen MR) is 118 cm³/mol. The molecule has 1 heteroatoms. The van der Waals surface area contributed by atoms with E-state index in [4.69, 9.17) is 0 Å². The van der Waals surface area contributed by atoms with Gasteiger partial charge in [-0.05, 0) is 56.8 Å². The molecule has 27 heavy (non-hydrogen) atoms. The molecule has 0 amide bonds. The van der Waals surface area contributed by atoms with Crippen LogP contribution in [0, 0.1) is 13.8 Å². The molecule has 2 aliphatic heterocycles. The Hall–Kier alpha value is -2.90. The summed E-state index contributed by atoms with van der Waals surface area (Å²) in [6, 6.07) is 32.4. The lowest BCUT2D eigenvalue weighted by Crippen LogP contribution is -2.70. The second-order valence-electron chi connectivity index (χ2n) is 7.94. The fourth-order valence-electron chi connectivity index (χ4n) is 5.37. The van der Waals surface area contributed by atoms with Gasteiger partial charge in [0, 0.05) is 0 Å². The second kappa shape index (κ2) is 5.08. The summed E-state index contributed by atoms with van der Waals surface area (Å²) in [6.07, 6.45) is 0. The minimum absolute atomic E-state index is 1.35. The van der Waals surface area contributed by atoms with Crippen LogP contribution in [0.25, 0.3) is 22.3 Å². The van der Waals surface area contributed by atoms with Crippen molar-refractivity contribution in [3.63, 3.8) is 0 Å². The summed E-state index contributed by atoms with van der Waals surface area (Å²) in [6.45, 7) is 4.45. The van der Waals surface area contributed by atoms with Gasteiger partial charge in [-0.25, -0.2) is 0 Å². The van der Waals surface area contributed by atoms with Gasteiger partial charge in [0.2, 0.25) is 0 Å². The van der Waals surface area contributed by atoms with E-state index in [-0.39, 0.29) is 0 Å². The highest BCUT2D eigenvalue weighted by Crippen LogP contribution is 2.36. The third-order valence-electron chi connectivity index (χ3n) is 6.40. The van der Waals surface area contributed by atoms with E-state index >= 15 is 0 Å². The first-order chi connectivity index (χ1) is 13.2. The Bertz CT molecular complexity index is 1150. The highest BCUT2D eigenvalue weighted by atomic mass is 28.3. The van der Waals surface area contributed by atoms with Crippen LogP contribution in [0.15, 0.2) is 84.9 Å². The number of benzene rings is 4. The van der Waals surface area contributed by atoms with Crippen molar-refractivity contribution in [2.75, 3.05) is 0 Å². The van der Waals surface area contributed by atoms with E-state index < -0.39 is 8.07 Å². The first-order valence-electron chi connectivity index (χ1n) is 9.63. The minimum Gasteiger partial charge on any atom is -0.0623 e. The molecule has 0 saturated heterocycles. The zero-order valence-corrected chi connectivity index (χ0v) is 16.6. The number of rotatable bonds is 0. The lowest BCUT2D eigenvalue weighted by atomic mass is 10.0. The van der Waals surface area contributed by atoms with Gasteiger partial charge in [-0.15, -0.1) is 0 Å². The minimum atomic E-state index is -2.21. The van der Waals surface area contributed by atoms with Gasteiger partial charge < -0.3 is 0 Å². The molecule has 0 atom stereocenters. The van der Waals surface area contributed by atoms with Crippen LogP contribution >= 0.6 is 0 Å². The van der Waals surface area contributed by atoms with Crippen LogP contribution in [-0.2, 0) is 0 Å². The zero-order valence-electron chi connectivity index (χ0n) is 15.6. The molecule has 0 N–H and O–H groups in total.